The first-order valence-corrected chi connectivity index (χ1v) is 12.5. The Morgan fingerprint density at radius 3 is 1.00 bits per heavy atom. The molecule has 5 nitrogen and oxygen atoms in total. The number of carbonyl (C=O) groups excluding carboxylic acids is 2. The maximum atomic E-state index is 13.5. The number of pyridine rings is 1. The van der Waals surface area contributed by atoms with E-state index < -0.39 is 11.8 Å². The van der Waals surface area contributed by atoms with Crippen LogP contribution in [0.1, 0.15) is 34.1 Å². The summed E-state index contributed by atoms with van der Waals surface area (Å²) in [5.74, 6) is -0.688. The van der Waals surface area contributed by atoms with E-state index >= 15 is 0 Å². The lowest BCUT2D eigenvalue weighted by Crippen LogP contribution is -2.24. The second-order valence-corrected chi connectivity index (χ2v) is 8.90. The predicted octanol–water partition coefficient (Wildman–Crippen LogP) is 6.62. The monoisotopic (exact) mass is 497 g/mol. The highest BCUT2D eigenvalue weighted by molar-refractivity contribution is 5.99. The van der Waals surface area contributed by atoms with Gasteiger partial charge in [0.05, 0.1) is 11.8 Å². The lowest BCUT2D eigenvalue weighted by molar-refractivity contribution is -0.117. The molecule has 5 aromatic rings. The van der Waals surface area contributed by atoms with Crippen LogP contribution in [0.5, 0.6) is 0 Å². The van der Waals surface area contributed by atoms with Crippen LogP contribution < -0.4 is 10.6 Å². The summed E-state index contributed by atoms with van der Waals surface area (Å²) in [5, 5.41) is 5.89. The third-order valence-corrected chi connectivity index (χ3v) is 6.31. The van der Waals surface area contributed by atoms with E-state index in [2.05, 4.69) is 15.6 Å². The van der Waals surface area contributed by atoms with Crippen molar-refractivity contribution < 1.29 is 9.59 Å². The van der Waals surface area contributed by atoms with Gasteiger partial charge in [-0.05, 0) is 34.4 Å². The molecule has 1 aromatic heterocycles. The van der Waals surface area contributed by atoms with Gasteiger partial charge in [-0.25, -0.2) is 4.98 Å². The largest absolute Gasteiger partial charge is 0.310 e. The van der Waals surface area contributed by atoms with Gasteiger partial charge >= 0.3 is 0 Å². The van der Waals surface area contributed by atoms with Crippen LogP contribution in [0.2, 0.25) is 0 Å². The van der Waals surface area contributed by atoms with Gasteiger partial charge in [0.25, 0.3) is 0 Å². The minimum absolute atomic E-state index is 0.204. The van der Waals surface area contributed by atoms with Gasteiger partial charge in [-0.15, -0.1) is 0 Å². The number of nitrogens with one attached hydrogen (secondary N) is 2. The van der Waals surface area contributed by atoms with Crippen molar-refractivity contribution in [2.45, 2.75) is 11.8 Å². The Kier molecular flexibility index (Phi) is 7.66. The van der Waals surface area contributed by atoms with Gasteiger partial charge in [-0.2, -0.15) is 0 Å². The molecule has 0 aliphatic heterocycles. The average Bonchev–Trinajstić information content (AvgIpc) is 2.96. The highest BCUT2D eigenvalue weighted by Crippen LogP contribution is 2.28. The smallest absolute Gasteiger partial charge is 0.237 e. The third-order valence-electron chi connectivity index (χ3n) is 6.31. The molecule has 38 heavy (non-hydrogen) atoms. The van der Waals surface area contributed by atoms with Crippen LogP contribution in [0.4, 0.5) is 11.6 Å². The standard InChI is InChI=1S/C33H27N3O2/c37-32(30(24-14-5-1-6-15-24)25-16-7-2-8-17-25)35-28-22-13-23-29(34-28)36-33(38)31(26-18-9-3-10-19-26)27-20-11-4-12-21-27/h1-23,30-31H,(H2,34,35,36,37,38). The maximum Gasteiger partial charge on any atom is 0.237 e. The SMILES string of the molecule is O=C(Nc1cccc(NC(=O)C(c2ccccc2)c2ccccc2)n1)C(c1ccccc1)c1ccccc1. The molecule has 2 N–H and O–H groups in total. The number of hydrogen-bond donors (Lipinski definition) is 2. The number of aromatic nitrogens is 1. The van der Waals surface area contributed by atoms with Gasteiger partial charge in [-0.1, -0.05) is 127 Å². The van der Waals surface area contributed by atoms with Crippen LogP contribution in [-0.2, 0) is 9.59 Å². The van der Waals surface area contributed by atoms with E-state index in [1.165, 1.54) is 0 Å². The van der Waals surface area contributed by atoms with Crippen molar-refractivity contribution in [3.8, 4) is 0 Å². The second kappa shape index (κ2) is 11.8. The summed E-state index contributed by atoms with van der Waals surface area (Å²) in [5.41, 5.74) is 3.53. The Morgan fingerprint density at radius 1 is 0.421 bits per heavy atom. The van der Waals surface area contributed by atoms with Gasteiger partial charge in [0.1, 0.15) is 11.6 Å². The Bertz CT molecular complexity index is 1300. The molecule has 0 fully saturated rings. The topological polar surface area (TPSA) is 71.1 Å². The fourth-order valence-electron chi connectivity index (χ4n) is 4.54. The molecule has 0 atom stereocenters. The van der Waals surface area contributed by atoms with Crippen molar-refractivity contribution in [2.75, 3.05) is 10.6 Å². The molecule has 1 heterocycles. The van der Waals surface area contributed by atoms with Crippen LogP contribution in [0.3, 0.4) is 0 Å². The molecular formula is C33H27N3O2. The molecule has 0 saturated heterocycles. The average molecular weight is 498 g/mol. The molecule has 0 unspecified atom stereocenters. The first kappa shape index (κ1) is 24.7. The summed E-state index contributed by atoms with van der Waals surface area (Å²) in [6.07, 6.45) is 0. The Balaban J connectivity index is 1.37. The highest BCUT2D eigenvalue weighted by Gasteiger charge is 2.25. The highest BCUT2D eigenvalue weighted by atomic mass is 16.2. The van der Waals surface area contributed by atoms with Crippen molar-refractivity contribution in [3.05, 3.63) is 162 Å². The lowest BCUT2D eigenvalue weighted by atomic mass is 9.90. The van der Waals surface area contributed by atoms with E-state index in [1.54, 1.807) is 18.2 Å². The molecule has 0 aliphatic carbocycles. The summed E-state index contributed by atoms with van der Waals surface area (Å²) < 4.78 is 0. The maximum absolute atomic E-state index is 13.5. The molecule has 2 amide bonds. The van der Waals surface area contributed by atoms with Gasteiger partial charge in [0.15, 0.2) is 0 Å². The number of benzene rings is 4. The molecule has 5 heteroatoms. The molecule has 186 valence electrons. The van der Waals surface area contributed by atoms with E-state index in [0.29, 0.717) is 11.6 Å². The minimum Gasteiger partial charge on any atom is -0.310 e. The fourth-order valence-corrected chi connectivity index (χ4v) is 4.54. The van der Waals surface area contributed by atoms with Gasteiger partial charge < -0.3 is 10.6 Å². The van der Waals surface area contributed by atoms with Crippen LogP contribution in [0, 0.1) is 0 Å². The van der Waals surface area contributed by atoms with Crippen LogP contribution in [0.25, 0.3) is 0 Å². The van der Waals surface area contributed by atoms with E-state index in [0.717, 1.165) is 22.3 Å². The van der Waals surface area contributed by atoms with Crippen molar-refractivity contribution in [1.82, 2.24) is 4.98 Å². The summed E-state index contributed by atoms with van der Waals surface area (Å²) in [7, 11) is 0. The zero-order valence-electron chi connectivity index (χ0n) is 20.7. The molecule has 0 spiro atoms. The number of anilines is 2. The zero-order valence-corrected chi connectivity index (χ0v) is 20.7. The summed E-state index contributed by atoms with van der Waals surface area (Å²) in [6.45, 7) is 0. The molecule has 0 saturated carbocycles. The molecule has 0 radical (unpaired) electrons. The molecular weight excluding hydrogens is 470 g/mol. The van der Waals surface area contributed by atoms with Crippen molar-refractivity contribution >= 4 is 23.5 Å². The number of rotatable bonds is 8. The molecule has 0 bridgehead atoms. The normalized spacial score (nSPS) is 10.8. The van der Waals surface area contributed by atoms with E-state index in [4.69, 9.17) is 0 Å². The molecule has 0 aliphatic rings. The Hall–Kier alpha value is -5.03. The number of amides is 2. The first-order valence-electron chi connectivity index (χ1n) is 12.5. The van der Waals surface area contributed by atoms with E-state index in [-0.39, 0.29) is 11.8 Å². The Labute approximate surface area is 222 Å². The predicted molar refractivity (Wildman–Crippen MR) is 151 cm³/mol. The van der Waals surface area contributed by atoms with Crippen molar-refractivity contribution in [2.24, 2.45) is 0 Å². The number of hydrogen-bond acceptors (Lipinski definition) is 3. The van der Waals surface area contributed by atoms with Gasteiger partial charge in [0, 0.05) is 0 Å². The quantitative estimate of drug-likeness (QED) is 0.253. The third kappa shape index (κ3) is 5.85. The van der Waals surface area contributed by atoms with E-state index in [9.17, 15) is 9.59 Å². The van der Waals surface area contributed by atoms with Crippen molar-refractivity contribution in [1.29, 1.82) is 0 Å². The first-order chi connectivity index (χ1) is 18.7. The fraction of sp³-hybridized carbons (Fsp3) is 0.0606. The van der Waals surface area contributed by atoms with E-state index in [1.807, 2.05) is 121 Å². The number of nitrogens with zero attached hydrogens (tertiary/aromatic N) is 1. The molecule has 5 rings (SSSR count). The number of carbonyl (C=O) groups is 2. The Morgan fingerprint density at radius 2 is 0.711 bits per heavy atom. The van der Waals surface area contributed by atoms with Crippen LogP contribution in [-0.4, -0.2) is 16.8 Å². The van der Waals surface area contributed by atoms with Gasteiger partial charge in [-0.3, -0.25) is 9.59 Å². The zero-order chi connectivity index (χ0) is 26.2. The molecule has 4 aromatic carbocycles. The summed E-state index contributed by atoms with van der Waals surface area (Å²) in [6, 6.07) is 43.8. The summed E-state index contributed by atoms with van der Waals surface area (Å²) in [4.78, 5) is 31.5. The minimum atomic E-state index is -0.502. The second-order valence-electron chi connectivity index (χ2n) is 8.90. The van der Waals surface area contributed by atoms with Crippen LogP contribution >= 0.6 is 0 Å². The van der Waals surface area contributed by atoms with Gasteiger partial charge in [0.2, 0.25) is 11.8 Å². The van der Waals surface area contributed by atoms with Crippen LogP contribution in [0.15, 0.2) is 140 Å². The lowest BCUT2D eigenvalue weighted by Gasteiger charge is -2.19. The summed E-state index contributed by atoms with van der Waals surface area (Å²) >= 11 is 0. The van der Waals surface area contributed by atoms with Crippen molar-refractivity contribution in [3.63, 3.8) is 0 Å².